The summed E-state index contributed by atoms with van der Waals surface area (Å²) < 4.78 is 0.691. The van der Waals surface area contributed by atoms with E-state index < -0.39 is 4.92 Å². The molecule has 1 saturated carbocycles. The van der Waals surface area contributed by atoms with Gasteiger partial charge in [0.1, 0.15) is 0 Å². The number of benzene rings is 1. The molecular formula is C12H15BrN2O3. The Morgan fingerprint density at radius 2 is 2.22 bits per heavy atom. The van der Waals surface area contributed by atoms with Crippen LogP contribution < -0.4 is 5.32 Å². The summed E-state index contributed by atoms with van der Waals surface area (Å²) in [6, 6.07) is 4.85. The van der Waals surface area contributed by atoms with Crippen LogP contribution >= 0.6 is 15.9 Å². The number of aliphatic hydroxyl groups is 1. The van der Waals surface area contributed by atoms with Gasteiger partial charge in [-0.15, -0.1) is 0 Å². The van der Waals surface area contributed by atoms with Crippen LogP contribution in [-0.2, 0) is 6.54 Å². The second-order valence-corrected chi connectivity index (χ2v) is 5.53. The minimum Gasteiger partial charge on any atom is -0.392 e. The first kappa shape index (κ1) is 13.5. The zero-order valence-electron chi connectivity index (χ0n) is 9.80. The van der Waals surface area contributed by atoms with Crippen LogP contribution in [-0.4, -0.2) is 22.7 Å². The number of nitrogens with one attached hydrogen (secondary N) is 1. The number of non-ortho nitro benzene ring substituents is 1. The maximum Gasteiger partial charge on any atom is 0.270 e. The second-order valence-electron chi connectivity index (χ2n) is 4.61. The third-order valence-corrected chi connectivity index (χ3v) is 3.46. The van der Waals surface area contributed by atoms with Crippen molar-refractivity contribution in [1.29, 1.82) is 0 Å². The lowest BCUT2D eigenvalue weighted by Gasteiger charge is -2.10. The molecule has 1 aromatic carbocycles. The Bertz CT molecular complexity index is 449. The summed E-state index contributed by atoms with van der Waals surface area (Å²) in [6.45, 7) is 1.05. The Balaban J connectivity index is 1.89. The lowest BCUT2D eigenvalue weighted by molar-refractivity contribution is -0.385. The Morgan fingerprint density at radius 1 is 1.50 bits per heavy atom. The molecule has 2 rings (SSSR count). The van der Waals surface area contributed by atoms with Gasteiger partial charge in [0.2, 0.25) is 0 Å². The normalized spacial score (nSPS) is 16.6. The van der Waals surface area contributed by atoms with E-state index in [1.54, 1.807) is 6.07 Å². The van der Waals surface area contributed by atoms with Gasteiger partial charge in [-0.2, -0.15) is 0 Å². The number of nitro groups is 1. The summed E-state index contributed by atoms with van der Waals surface area (Å²) in [5.41, 5.74) is 0.906. The van der Waals surface area contributed by atoms with E-state index in [9.17, 15) is 15.2 Å². The molecule has 1 fully saturated rings. The molecule has 0 bridgehead atoms. The average Bonchev–Trinajstić information content (AvgIpc) is 3.11. The van der Waals surface area contributed by atoms with Gasteiger partial charge in [0, 0.05) is 29.7 Å². The van der Waals surface area contributed by atoms with Gasteiger partial charge in [-0.25, -0.2) is 0 Å². The first-order valence-electron chi connectivity index (χ1n) is 5.89. The van der Waals surface area contributed by atoms with E-state index in [0.29, 0.717) is 23.5 Å². The highest BCUT2D eigenvalue weighted by Gasteiger charge is 2.29. The Morgan fingerprint density at radius 3 is 2.83 bits per heavy atom. The van der Waals surface area contributed by atoms with Crippen molar-refractivity contribution < 1.29 is 10.0 Å². The van der Waals surface area contributed by atoms with Crippen LogP contribution in [0.4, 0.5) is 5.69 Å². The van der Waals surface area contributed by atoms with Gasteiger partial charge >= 0.3 is 0 Å². The van der Waals surface area contributed by atoms with E-state index in [1.807, 2.05) is 6.07 Å². The van der Waals surface area contributed by atoms with E-state index in [0.717, 1.165) is 18.4 Å². The van der Waals surface area contributed by atoms with Crippen molar-refractivity contribution in [2.75, 3.05) is 6.54 Å². The van der Waals surface area contributed by atoms with Gasteiger partial charge < -0.3 is 10.4 Å². The number of rotatable bonds is 6. The molecule has 0 amide bonds. The second kappa shape index (κ2) is 5.77. The third-order valence-electron chi connectivity index (χ3n) is 3.00. The third kappa shape index (κ3) is 3.76. The van der Waals surface area contributed by atoms with Gasteiger partial charge in [0.15, 0.2) is 0 Å². The van der Waals surface area contributed by atoms with Crippen molar-refractivity contribution >= 4 is 21.6 Å². The number of nitro benzene ring substituents is 1. The van der Waals surface area contributed by atoms with Crippen LogP contribution in [0.25, 0.3) is 0 Å². The molecule has 2 N–H and O–H groups in total. The smallest absolute Gasteiger partial charge is 0.270 e. The zero-order chi connectivity index (χ0) is 13.1. The molecule has 1 atom stereocenters. The highest BCUT2D eigenvalue weighted by Crippen LogP contribution is 2.32. The molecule has 98 valence electrons. The minimum atomic E-state index is -0.409. The zero-order valence-corrected chi connectivity index (χ0v) is 11.4. The molecule has 1 aliphatic rings. The fourth-order valence-electron chi connectivity index (χ4n) is 1.85. The van der Waals surface area contributed by atoms with E-state index in [-0.39, 0.29) is 11.8 Å². The standard InChI is InChI=1S/C12H15BrN2O3/c13-10-3-8(4-11(5-10)15(17)18)6-14-7-12(16)9-1-2-9/h3-5,9,12,14,16H,1-2,6-7H2. The van der Waals surface area contributed by atoms with Gasteiger partial charge in [-0.3, -0.25) is 10.1 Å². The van der Waals surface area contributed by atoms with Crippen LogP contribution in [0, 0.1) is 16.0 Å². The van der Waals surface area contributed by atoms with Crippen molar-refractivity contribution in [2.24, 2.45) is 5.92 Å². The molecular weight excluding hydrogens is 300 g/mol. The SMILES string of the molecule is O=[N+]([O-])c1cc(Br)cc(CNCC(O)C2CC2)c1. The lowest BCUT2D eigenvalue weighted by atomic mass is 10.2. The molecule has 1 aromatic rings. The van der Waals surface area contributed by atoms with E-state index in [1.165, 1.54) is 6.07 Å². The molecule has 18 heavy (non-hydrogen) atoms. The summed E-state index contributed by atoms with van der Waals surface area (Å²) in [5, 5.41) is 23.5. The number of halogens is 1. The van der Waals surface area contributed by atoms with Gasteiger partial charge in [-0.1, -0.05) is 15.9 Å². The molecule has 0 heterocycles. The van der Waals surface area contributed by atoms with Crippen molar-refractivity contribution in [3.63, 3.8) is 0 Å². The maximum atomic E-state index is 10.7. The lowest BCUT2D eigenvalue weighted by Crippen LogP contribution is -2.27. The summed E-state index contributed by atoms with van der Waals surface area (Å²) in [4.78, 5) is 10.3. The summed E-state index contributed by atoms with van der Waals surface area (Å²) in [7, 11) is 0. The van der Waals surface area contributed by atoms with Crippen LogP contribution in [0.2, 0.25) is 0 Å². The van der Waals surface area contributed by atoms with E-state index >= 15 is 0 Å². The molecule has 0 spiro atoms. The first-order valence-corrected chi connectivity index (χ1v) is 6.68. The Hall–Kier alpha value is -0.980. The summed E-state index contributed by atoms with van der Waals surface area (Å²) >= 11 is 3.25. The summed E-state index contributed by atoms with van der Waals surface area (Å²) in [6.07, 6.45) is 1.91. The van der Waals surface area contributed by atoms with Gasteiger partial charge in [-0.05, 0) is 30.4 Å². The Labute approximate surface area is 113 Å². The van der Waals surface area contributed by atoms with Gasteiger partial charge in [0.05, 0.1) is 11.0 Å². The number of hydrogen-bond acceptors (Lipinski definition) is 4. The minimum absolute atomic E-state index is 0.0731. The molecule has 0 saturated heterocycles. The first-order chi connectivity index (χ1) is 8.56. The molecule has 6 heteroatoms. The molecule has 1 unspecified atom stereocenters. The highest BCUT2D eigenvalue weighted by molar-refractivity contribution is 9.10. The van der Waals surface area contributed by atoms with E-state index in [2.05, 4.69) is 21.2 Å². The monoisotopic (exact) mass is 314 g/mol. The number of nitrogens with zero attached hydrogens (tertiary/aromatic N) is 1. The van der Waals surface area contributed by atoms with Crippen molar-refractivity contribution in [2.45, 2.75) is 25.5 Å². The van der Waals surface area contributed by atoms with Crippen LogP contribution in [0.1, 0.15) is 18.4 Å². The van der Waals surface area contributed by atoms with Crippen LogP contribution in [0.15, 0.2) is 22.7 Å². The largest absolute Gasteiger partial charge is 0.392 e. The molecule has 5 nitrogen and oxygen atoms in total. The fourth-order valence-corrected chi connectivity index (χ4v) is 2.38. The molecule has 1 aliphatic carbocycles. The average molecular weight is 315 g/mol. The molecule has 0 aliphatic heterocycles. The van der Waals surface area contributed by atoms with E-state index in [4.69, 9.17) is 0 Å². The van der Waals surface area contributed by atoms with Gasteiger partial charge in [0.25, 0.3) is 5.69 Å². The van der Waals surface area contributed by atoms with Crippen LogP contribution in [0.3, 0.4) is 0 Å². The molecule has 0 radical (unpaired) electrons. The highest BCUT2D eigenvalue weighted by atomic mass is 79.9. The quantitative estimate of drug-likeness (QED) is 0.623. The predicted molar refractivity (Wildman–Crippen MR) is 71.2 cm³/mol. The fraction of sp³-hybridized carbons (Fsp3) is 0.500. The van der Waals surface area contributed by atoms with Crippen LogP contribution in [0.5, 0.6) is 0 Å². The number of hydrogen-bond donors (Lipinski definition) is 2. The predicted octanol–water partition coefficient (Wildman–Crippen LogP) is 2.22. The number of aliphatic hydroxyl groups excluding tert-OH is 1. The van der Waals surface area contributed by atoms with Crippen molar-refractivity contribution in [3.8, 4) is 0 Å². The summed E-state index contributed by atoms with van der Waals surface area (Å²) in [5.74, 6) is 0.439. The molecule has 0 aromatic heterocycles. The van der Waals surface area contributed by atoms with Crippen molar-refractivity contribution in [1.82, 2.24) is 5.32 Å². The van der Waals surface area contributed by atoms with Crippen molar-refractivity contribution in [3.05, 3.63) is 38.3 Å². The Kier molecular flexibility index (Phi) is 4.31. The topological polar surface area (TPSA) is 75.4 Å². The maximum absolute atomic E-state index is 10.7.